The van der Waals surface area contributed by atoms with Crippen LogP contribution in [0, 0.1) is 0 Å². The molecule has 0 aromatic carbocycles. The lowest BCUT2D eigenvalue weighted by molar-refractivity contribution is 0.347. The maximum Gasteiger partial charge on any atom is 0.0931 e. The average Bonchev–Trinajstić information content (AvgIpc) is 2.66. The van der Waals surface area contributed by atoms with E-state index in [1.807, 2.05) is 6.07 Å². The molecule has 15 heavy (non-hydrogen) atoms. The molecule has 1 nitrogen and oxygen atoms in total. The summed E-state index contributed by atoms with van der Waals surface area (Å²) < 4.78 is 0.926. The summed E-state index contributed by atoms with van der Waals surface area (Å²) in [5.74, 6) is 0.736. The Balaban J connectivity index is 1.98. The van der Waals surface area contributed by atoms with E-state index >= 15 is 0 Å². The van der Waals surface area contributed by atoms with E-state index in [1.165, 1.54) is 30.6 Å². The molecule has 0 aliphatic heterocycles. The molecule has 1 aromatic heterocycles. The van der Waals surface area contributed by atoms with Crippen molar-refractivity contribution >= 4 is 22.9 Å². The van der Waals surface area contributed by atoms with Gasteiger partial charge in [-0.15, -0.1) is 11.3 Å². The number of halogens is 1. The molecular formula is C12H18ClNS. The average molecular weight is 244 g/mol. The number of thiophene rings is 1. The monoisotopic (exact) mass is 243 g/mol. The highest BCUT2D eigenvalue weighted by atomic mass is 35.5. The van der Waals surface area contributed by atoms with Crippen molar-refractivity contribution in [1.82, 2.24) is 5.32 Å². The Morgan fingerprint density at radius 2 is 2.33 bits per heavy atom. The number of nitrogens with one attached hydrogen (secondary N) is 1. The van der Waals surface area contributed by atoms with Crippen LogP contribution in [0.1, 0.15) is 43.4 Å². The van der Waals surface area contributed by atoms with Crippen LogP contribution in [0.25, 0.3) is 0 Å². The standard InChI is InChI=1S/C12H18ClNS/c1-2-14-10-5-3-4-9(8-10)11-6-7-12(13)15-11/h6-7,9-10,14H,2-5,8H2,1H3. The molecule has 1 N–H and O–H groups in total. The van der Waals surface area contributed by atoms with E-state index in [2.05, 4.69) is 18.3 Å². The fourth-order valence-corrected chi connectivity index (χ4v) is 3.68. The van der Waals surface area contributed by atoms with Crippen LogP contribution in [0.3, 0.4) is 0 Å². The van der Waals surface area contributed by atoms with Crippen molar-refractivity contribution in [3.05, 3.63) is 21.3 Å². The second-order valence-corrected chi connectivity index (χ2v) is 6.01. The van der Waals surface area contributed by atoms with E-state index in [4.69, 9.17) is 11.6 Å². The normalized spacial score (nSPS) is 26.8. The Kier molecular flexibility index (Phi) is 4.06. The minimum atomic E-state index is 0.717. The summed E-state index contributed by atoms with van der Waals surface area (Å²) in [4.78, 5) is 1.47. The first kappa shape index (κ1) is 11.4. The highest BCUT2D eigenvalue weighted by Gasteiger charge is 2.23. The lowest BCUT2D eigenvalue weighted by atomic mass is 9.85. The van der Waals surface area contributed by atoms with E-state index in [0.29, 0.717) is 0 Å². The van der Waals surface area contributed by atoms with Crippen molar-refractivity contribution in [3.8, 4) is 0 Å². The Morgan fingerprint density at radius 1 is 1.47 bits per heavy atom. The van der Waals surface area contributed by atoms with Crippen LogP contribution in [-0.2, 0) is 0 Å². The van der Waals surface area contributed by atoms with Crippen molar-refractivity contribution in [1.29, 1.82) is 0 Å². The van der Waals surface area contributed by atoms with Crippen molar-refractivity contribution in [2.24, 2.45) is 0 Å². The zero-order chi connectivity index (χ0) is 10.7. The van der Waals surface area contributed by atoms with Crippen LogP contribution in [0.2, 0.25) is 4.34 Å². The minimum absolute atomic E-state index is 0.717. The molecule has 0 bridgehead atoms. The number of hydrogen-bond acceptors (Lipinski definition) is 2. The highest BCUT2D eigenvalue weighted by molar-refractivity contribution is 7.16. The molecule has 2 atom stereocenters. The molecule has 84 valence electrons. The van der Waals surface area contributed by atoms with Gasteiger partial charge in [0.2, 0.25) is 0 Å². The van der Waals surface area contributed by atoms with Crippen LogP contribution >= 0.6 is 22.9 Å². The Bertz CT molecular complexity index is 308. The predicted octanol–water partition coefficient (Wildman–Crippen LogP) is 4.04. The molecule has 0 saturated heterocycles. The lowest BCUT2D eigenvalue weighted by Gasteiger charge is -2.29. The van der Waals surface area contributed by atoms with Crippen molar-refractivity contribution in [3.63, 3.8) is 0 Å². The van der Waals surface area contributed by atoms with Gasteiger partial charge in [-0.3, -0.25) is 0 Å². The summed E-state index contributed by atoms with van der Waals surface area (Å²) >= 11 is 7.73. The van der Waals surface area contributed by atoms with Crippen LogP contribution in [0.4, 0.5) is 0 Å². The topological polar surface area (TPSA) is 12.0 Å². The maximum absolute atomic E-state index is 5.98. The molecule has 0 radical (unpaired) electrons. The molecule has 1 saturated carbocycles. The van der Waals surface area contributed by atoms with E-state index in [0.717, 1.165) is 22.8 Å². The van der Waals surface area contributed by atoms with Crippen molar-refractivity contribution < 1.29 is 0 Å². The molecule has 2 rings (SSSR count). The quantitative estimate of drug-likeness (QED) is 0.845. The predicted molar refractivity (Wildman–Crippen MR) is 68.0 cm³/mol. The third-order valence-corrected chi connectivity index (χ3v) is 4.56. The summed E-state index contributed by atoms with van der Waals surface area (Å²) in [6, 6.07) is 4.94. The van der Waals surface area contributed by atoms with Crippen molar-refractivity contribution in [2.45, 2.75) is 44.6 Å². The van der Waals surface area contributed by atoms with Gasteiger partial charge in [0.1, 0.15) is 0 Å². The molecular weight excluding hydrogens is 226 g/mol. The third kappa shape index (κ3) is 2.96. The second-order valence-electron chi connectivity index (χ2n) is 4.26. The Hall–Kier alpha value is -0.0500. The number of hydrogen-bond donors (Lipinski definition) is 1. The van der Waals surface area contributed by atoms with Gasteiger partial charge in [0.15, 0.2) is 0 Å². The number of rotatable bonds is 3. The molecule has 0 spiro atoms. The lowest BCUT2D eigenvalue weighted by Crippen LogP contribution is -2.33. The molecule has 0 amide bonds. The van der Waals surface area contributed by atoms with Gasteiger partial charge in [-0.05, 0) is 43.9 Å². The summed E-state index contributed by atoms with van der Waals surface area (Å²) in [6.07, 6.45) is 5.30. The SMILES string of the molecule is CCNC1CCCC(c2ccc(Cl)s2)C1. The first-order valence-electron chi connectivity index (χ1n) is 5.78. The third-order valence-electron chi connectivity index (χ3n) is 3.16. The minimum Gasteiger partial charge on any atom is -0.314 e. The summed E-state index contributed by atoms with van der Waals surface area (Å²) in [5.41, 5.74) is 0. The molecule has 3 heteroatoms. The summed E-state index contributed by atoms with van der Waals surface area (Å²) in [6.45, 7) is 3.27. The highest BCUT2D eigenvalue weighted by Crippen LogP contribution is 2.37. The second kappa shape index (κ2) is 5.33. The Morgan fingerprint density at radius 3 is 3.00 bits per heavy atom. The molecule has 1 aromatic rings. The summed E-state index contributed by atoms with van der Waals surface area (Å²) in [7, 11) is 0. The van der Waals surface area contributed by atoms with Gasteiger partial charge in [0.05, 0.1) is 4.34 Å². The molecule has 1 heterocycles. The first-order valence-corrected chi connectivity index (χ1v) is 6.97. The smallest absolute Gasteiger partial charge is 0.0931 e. The van der Waals surface area contributed by atoms with Gasteiger partial charge in [-0.2, -0.15) is 0 Å². The van der Waals surface area contributed by atoms with Gasteiger partial charge < -0.3 is 5.32 Å². The first-order chi connectivity index (χ1) is 7.29. The van der Waals surface area contributed by atoms with Crippen LogP contribution < -0.4 is 5.32 Å². The van der Waals surface area contributed by atoms with Gasteiger partial charge in [-0.1, -0.05) is 24.9 Å². The van der Waals surface area contributed by atoms with Crippen molar-refractivity contribution in [2.75, 3.05) is 6.54 Å². The van der Waals surface area contributed by atoms with Gasteiger partial charge >= 0.3 is 0 Å². The largest absolute Gasteiger partial charge is 0.314 e. The van der Waals surface area contributed by atoms with Gasteiger partial charge in [0.25, 0.3) is 0 Å². The van der Waals surface area contributed by atoms with Crippen LogP contribution in [0.15, 0.2) is 12.1 Å². The van der Waals surface area contributed by atoms with E-state index in [9.17, 15) is 0 Å². The molecule has 1 fully saturated rings. The van der Waals surface area contributed by atoms with E-state index < -0.39 is 0 Å². The fraction of sp³-hybridized carbons (Fsp3) is 0.667. The zero-order valence-electron chi connectivity index (χ0n) is 9.13. The summed E-state index contributed by atoms with van der Waals surface area (Å²) in [5, 5.41) is 3.56. The molecule has 2 unspecified atom stereocenters. The molecule has 1 aliphatic rings. The fourth-order valence-electron chi connectivity index (χ4n) is 2.47. The van der Waals surface area contributed by atoms with Crippen LogP contribution in [-0.4, -0.2) is 12.6 Å². The van der Waals surface area contributed by atoms with E-state index in [1.54, 1.807) is 11.3 Å². The maximum atomic E-state index is 5.98. The van der Waals surface area contributed by atoms with Crippen LogP contribution in [0.5, 0.6) is 0 Å². The zero-order valence-corrected chi connectivity index (χ0v) is 10.7. The van der Waals surface area contributed by atoms with Gasteiger partial charge in [0, 0.05) is 10.9 Å². The van der Waals surface area contributed by atoms with Gasteiger partial charge in [-0.25, -0.2) is 0 Å². The Labute approximate surface area is 101 Å². The van der Waals surface area contributed by atoms with E-state index in [-0.39, 0.29) is 0 Å². The molecule has 1 aliphatic carbocycles.